The van der Waals surface area contributed by atoms with Crippen molar-refractivity contribution in [3.05, 3.63) is 0 Å². The largest absolute Gasteiger partial charge is 0.469 e. The molecule has 1 aliphatic heterocycles. The molecule has 2 aliphatic rings. The monoisotopic (exact) mass is 155 g/mol. The predicted molar refractivity (Wildman–Crippen MR) is 40.0 cm³/mol. The third kappa shape index (κ3) is 1.03. The van der Waals surface area contributed by atoms with E-state index < -0.39 is 0 Å². The first kappa shape index (κ1) is 7.10. The molecule has 1 saturated heterocycles. The van der Waals surface area contributed by atoms with Gasteiger partial charge in [0, 0.05) is 19.5 Å². The van der Waals surface area contributed by atoms with Crippen LogP contribution < -0.4 is 5.32 Å². The van der Waals surface area contributed by atoms with E-state index in [1.807, 2.05) is 0 Å². The van der Waals surface area contributed by atoms with Gasteiger partial charge in [-0.05, 0) is 17.8 Å². The van der Waals surface area contributed by atoms with Gasteiger partial charge in [-0.15, -0.1) is 0 Å². The first-order chi connectivity index (χ1) is 5.27. The maximum Gasteiger partial charge on any atom is 0.305 e. The second kappa shape index (κ2) is 2.21. The Kier molecular flexibility index (Phi) is 1.42. The van der Waals surface area contributed by atoms with Gasteiger partial charge in [0.05, 0.1) is 7.11 Å². The van der Waals surface area contributed by atoms with Crippen molar-refractivity contribution in [2.75, 3.05) is 20.2 Å². The van der Waals surface area contributed by atoms with Gasteiger partial charge in [0.1, 0.15) is 0 Å². The lowest BCUT2D eigenvalue weighted by Gasteiger charge is -2.28. The summed E-state index contributed by atoms with van der Waals surface area (Å²) in [5, 5.41) is 3.23. The molecule has 1 heterocycles. The molecule has 0 aromatic carbocycles. The van der Waals surface area contributed by atoms with Gasteiger partial charge in [-0.25, -0.2) is 0 Å². The SMILES string of the molecule is COC(=O)CC1CC12CNC2. The van der Waals surface area contributed by atoms with Crippen LogP contribution in [-0.4, -0.2) is 26.2 Å². The minimum absolute atomic E-state index is 0.0567. The number of carbonyl (C=O) groups is 1. The van der Waals surface area contributed by atoms with Crippen molar-refractivity contribution in [1.82, 2.24) is 5.32 Å². The maximum absolute atomic E-state index is 10.8. The molecule has 1 saturated carbocycles. The van der Waals surface area contributed by atoms with Crippen LogP contribution in [0.3, 0.4) is 0 Å². The summed E-state index contributed by atoms with van der Waals surface area (Å²) in [6.07, 6.45) is 1.84. The summed E-state index contributed by atoms with van der Waals surface area (Å²) in [4.78, 5) is 10.8. The highest BCUT2D eigenvalue weighted by Crippen LogP contribution is 2.56. The summed E-state index contributed by atoms with van der Waals surface area (Å²) in [7, 11) is 1.45. The molecular formula is C8H13NO2. The molecule has 3 heteroatoms. The van der Waals surface area contributed by atoms with Crippen LogP contribution >= 0.6 is 0 Å². The van der Waals surface area contributed by atoms with E-state index in [0.29, 0.717) is 17.8 Å². The van der Waals surface area contributed by atoms with Crippen LogP contribution in [0.25, 0.3) is 0 Å². The molecule has 2 rings (SSSR count). The first-order valence-corrected chi connectivity index (χ1v) is 4.04. The average Bonchev–Trinajstić information content (AvgIpc) is 2.62. The van der Waals surface area contributed by atoms with Crippen LogP contribution in [0.2, 0.25) is 0 Å². The standard InChI is InChI=1S/C8H13NO2/c1-11-7(10)2-6-3-8(6)4-9-5-8/h6,9H,2-5H2,1H3. The van der Waals surface area contributed by atoms with Crippen molar-refractivity contribution in [1.29, 1.82) is 0 Å². The van der Waals surface area contributed by atoms with E-state index in [1.54, 1.807) is 0 Å². The number of carbonyl (C=O) groups excluding carboxylic acids is 1. The van der Waals surface area contributed by atoms with Crippen molar-refractivity contribution < 1.29 is 9.53 Å². The summed E-state index contributed by atoms with van der Waals surface area (Å²) in [6.45, 7) is 2.21. The normalized spacial score (nSPS) is 31.2. The predicted octanol–water partition coefficient (Wildman–Crippen LogP) is 0.159. The molecule has 1 N–H and O–H groups in total. The van der Waals surface area contributed by atoms with Crippen LogP contribution in [0, 0.1) is 11.3 Å². The molecule has 3 nitrogen and oxygen atoms in total. The van der Waals surface area contributed by atoms with Gasteiger partial charge >= 0.3 is 5.97 Å². The highest BCUT2D eigenvalue weighted by Gasteiger charge is 2.58. The Morgan fingerprint density at radius 3 is 2.82 bits per heavy atom. The van der Waals surface area contributed by atoms with Gasteiger partial charge in [-0.1, -0.05) is 0 Å². The fraction of sp³-hybridized carbons (Fsp3) is 0.875. The average molecular weight is 155 g/mol. The molecule has 0 amide bonds. The van der Waals surface area contributed by atoms with E-state index >= 15 is 0 Å². The highest BCUT2D eigenvalue weighted by molar-refractivity contribution is 5.70. The van der Waals surface area contributed by atoms with Crippen LogP contribution in [0.4, 0.5) is 0 Å². The lowest BCUT2D eigenvalue weighted by molar-refractivity contribution is -0.141. The number of hydrogen-bond donors (Lipinski definition) is 1. The fourth-order valence-corrected chi connectivity index (χ4v) is 1.88. The van der Waals surface area contributed by atoms with E-state index in [9.17, 15) is 4.79 Å². The summed E-state index contributed by atoms with van der Waals surface area (Å²) in [5.41, 5.74) is 0.508. The van der Waals surface area contributed by atoms with Crippen LogP contribution in [0.1, 0.15) is 12.8 Å². The van der Waals surface area contributed by atoms with Crippen molar-refractivity contribution in [3.63, 3.8) is 0 Å². The second-order valence-corrected chi connectivity index (χ2v) is 3.65. The van der Waals surface area contributed by atoms with E-state index in [2.05, 4.69) is 10.1 Å². The molecule has 1 aliphatic carbocycles. The van der Waals surface area contributed by atoms with E-state index in [-0.39, 0.29) is 5.97 Å². The maximum atomic E-state index is 10.8. The number of ether oxygens (including phenoxy) is 1. The van der Waals surface area contributed by atoms with Gasteiger partial charge in [-0.2, -0.15) is 0 Å². The van der Waals surface area contributed by atoms with Gasteiger partial charge in [0.15, 0.2) is 0 Å². The van der Waals surface area contributed by atoms with E-state index in [4.69, 9.17) is 0 Å². The highest BCUT2D eigenvalue weighted by atomic mass is 16.5. The summed E-state index contributed by atoms with van der Waals surface area (Å²) < 4.78 is 4.60. The molecule has 1 unspecified atom stereocenters. The Labute approximate surface area is 66.1 Å². The Bertz CT molecular complexity index is 187. The first-order valence-electron chi connectivity index (χ1n) is 4.04. The second-order valence-electron chi connectivity index (χ2n) is 3.65. The fourth-order valence-electron chi connectivity index (χ4n) is 1.88. The van der Waals surface area contributed by atoms with Crippen LogP contribution in [-0.2, 0) is 9.53 Å². The molecule has 0 aromatic heterocycles. The Balaban J connectivity index is 1.78. The van der Waals surface area contributed by atoms with Crippen molar-refractivity contribution in [2.45, 2.75) is 12.8 Å². The number of esters is 1. The van der Waals surface area contributed by atoms with Crippen molar-refractivity contribution in [2.24, 2.45) is 11.3 Å². The molecule has 2 fully saturated rings. The van der Waals surface area contributed by atoms with Crippen LogP contribution in [0.15, 0.2) is 0 Å². The van der Waals surface area contributed by atoms with Gasteiger partial charge in [0.2, 0.25) is 0 Å². The van der Waals surface area contributed by atoms with Crippen LogP contribution in [0.5, 0.6) is 0 Å². The van der Waals surface area contributed by atoms with Crippen molar-refractivity contribution >= 4 is 5.97 Å². The van der Waals surface area contributed by atoms with Gasteiger partial charge in [0.25, 0.3) is 0 Å². The lowest BCUT2D eigenvalue weighted by atomic mass is 9.96. The number of hydrogen-bond acceptors (Lipinski definition) is 3. The zero-order chi connectivity index (χ0) is 7.90. The molecule has 1 spiro atoms. The number of methoxy groups -OCH3 is 1. The smallest absolute Gasteiger partial charge is 0.305 e. The summed E-state index contributed by atoms with van der Waals surface area (Å²) in [5.74, 6) is 0.551. The lowest BCUT2D eigenvalue weighted by Crippen LogP contribution is -2.45. The molecule has 0 radical (unpaired) electrons. The summed E-state index contributed by atoms with van der Waals surface area (Å²) in [6, 6.07) is 0. The van der Waals surface area contributed by atoms with Gasteiger partial charge in [-0.3, -0.25) is 4.79 Å². The Morgan fingerprint density at radius 2 is 2.45 bits per heavy atom. The van der Waals surface area contributed by atoms with Crippen molar-refractivity contribution in [3.8, 4) is 0 Å². The molecule has 0 aromatic rings. The molecular weight excluding hydrogens is 142 g/mol. The minimum Gasteiger partial charge on any atom is -0.469 e. The number of nitrogens with one attached hydrogen (secondary N) is 1. The van der Waals surface area contributed by atoms with E-state index in [1.165, 1.54) is 13.5 Å². The molecule has 62 valence electrons. The minimum atomic E-state index is -0.0567. The third-order valence-electron chi connectivity index (χ3n) is 2.95. The topological polar surface area (TPSA) is 38.3 Å². The Hall–Kier alpha value is -0.570. The molecule has 0 bridgehead atoms. The third-order valence-corrected chi connectivity index (χ3v) is 2.95. The van der Waals surface area contributed by atoms with E-state index in [0.717, 1.165) is 13.1 Å². The Morgan fingerprint density at radius 1 is 1.73 bits per heavy atom. The van der Waals surface area contributed by atoms with Gasteiger partial charge < -0.3 is 10.1 Å². The number of rotatable bonds is 2. The summed E-state index contributed by atoms with van der Waals surface area (Å²) >= 11 is 0. The zero-order valence-electron chi connectivity index (χ0n) is 6.72. The molecule has 11 heavy (non-hydrogen) atoms. The quantitative estimate of drug-likeness (QED) is 0.577. The molecule has 1 atom stereocenters. The zero-order valence-corrected chi connectivity index (χ0v) is 6.72.